The molecule has 0 saturated heterocycles. The van der Waals surface area contributed by atoms with Gasteiger partial charge < -0.3 is 19.9 Å². The summed E-state index contributed by atoms with van der Waals surface area (Å²) in [5.74, 6) is 1.68. The first-order valence-electron chi connectivity index (χ1n) is 6.12. The number of nitrogens with one attached hydrogen (secondary N) is 1. The zero-order chi connectivity index (χ0) is 12.0. The van der Waals surface area contributed by atoms with Gasteiger partial charge in [-0.2, -0.15) is 0 Å². The maximum atomic E-state index is 9.64. The van der Waals surface area contributed by atoms with Crippen molar-refractivity contribution >= 4 is 0 Å². The van der Waals surface area contributed by atoms with Crippen molar-refractivity contribution in [2.75, 3.05) is 33.4 Å². The molecule has 4 unspecified atom stereocenters. The molecular weight excluding hydrogens is 206 g/mol. The topological polar surface area (TPSA) is 50.7 Å². The van der Waals surface area contributed by atoms with Crippen LogP contribution in [-0.2, 0) is 9.47 Å². The maximum absolute atomic E-state index is 9.64. The van der Waals surface area contributed by atoms with Crippen LogP contribution >= 0.6 is 0 Å². The Bertz CT molecular complexity index is 189. The second kappa shape index (κ2) is 7.22. The van der Waals surface area contributed by atoms with E-state index in [-0.39, 0.29) is 6.10 Å². The molecule has 1 saturated carbocycles. The number of hydrogen-bond acceptors (Lipinski definition) is 4. The molecule has 16 heavy (non-hydrogen) atoms. The third-order valence-electron chi connectivity index (χ3n) is 3.04. The van der Waals surface area contributed by atoms with Crippen molar-refractivity contribution in [2.45, 2.75) is 32.5 Å². The van der Waals surface area contributed by atoms with Gasteiger partial charge in [0, 0.05) is 13.7 Å². The van der Waals surface area contributed by atoms with Gasteiger partial charge in [-0.1, -0.05) is 6.92 Å². The van der Waals surface area contributed by atoms with Crippen molar-refractivity contribution < 1.29 is 14.6 Å². The first-order valence-corrected chi connectivity index (χ1v) is 6.12. The Morgan fingerprint density at radius 2 is 2.12 bits per heavy atom. The monoisotopic (exact) mass is 231 g/mol. The fourth-order valence-corrected chi connectivity index (χ4v) is 1.74. The molecule has 0 radical (unpaired) electrons. The first-order chi connectivity index (χ1) is 7.63. The molecule has 4 atom stereocenters. The van der Waals surface area contributed by atoms with Crippen molar-refractivity contribution in [2.24, 2.45) is 11.8 Å². The molecule has 0 heterocycles. The average molecular weight is 231 g/mol. The van der Waals surface area contributed by atoms with Crippen molar-refractivity contribution in [1.82, 2.24) is 5.32 Å². The summed E-state index contributed by atoms with van der Waals surface area (Å²) < 4.78 is 10.4. The molecule has 4 nitrogen and oxygen atoms in total. The molecule has 1 fully saturated rings. The predicted octanol–water partition coefficient (Wildman–Crippen LogP) is 0.644. The number of aliphatic hydroxyl groups excluding tert-OH is 1. The molecule has 1 aliphatic carbocycles. The molecule has 96 valence electrons. The molecule has 1 rings (SSSR count). The van der Waals surface area contributed by atoms with Crippen LogP contribution in [-0.4, -0.2) is 50.7 Å². The first kappa shape index (κ1) is 13.9. The number of aliphatic hydroxyl groups is 1. The highest BCUT2D eigenvalue weighted by molar-refractivity contribution is 4.84. The van der Waals surface area contributed by atoms with E-state index in [0.717, 1.165) is 18.4 Å². The molecule has 1 aliphatic rings. The smallest absolute Gasteiger partial charge is 0.0897 e. The molecular formula is C12H25NO3. The number of hydrogen-bond donors (Lipinski definition) is 2. The van der Waals surface area contributed by atoms with Crippen LogP contribution in [0.15, 0.2) is 0 Å². The molecule has 0 amide bonds. The van der Waals surface area contributed by atoms with Crippen molar-refractivity contribution in [3.05, 3.63) is 0 Å². The van der Waals surface area contributed by atoms with Gasteiger partial charge in [0.25, 0.3) is 0 Å². The average Bonchev–Trinajstić information content (AvgIpc) is 2.92. The lowest BCUT2D eigenvalue weighted by Gasteiger charge is -2.16. The largest absolute Gasteiger partial charge is 0.389 e. The van der Waals surface area contributed by atoms with E-state index in [2.05, 4.69) is 12.2 Å². The lowest BCUT2D eigenvalue weighted by atomic mass is 10.3. The van der Waals surface area contributed by atoms with E-state index in [1.807, 2.05) is 6.92 Å². The standard InChI is InChI=1S/C12H25NO3/c1-9-4-11(9)5-13-6-12(14)8-16-10(2)7-15-3/h9-14H,4-8H2,1-3H3. The molecule has 0 bridgehead atoms. The van der Waals surface area contributed by atoms with Crippen LogP contribution in [0.25, 0.3) is 0 Å². The summed E-state index contributed by atoms with van der Waals surface area (Å²) in [6, 6.07) is 0. The lowest BCUT2D eigenvalue weighted by molar-refractivity contribution is -0.0310. The Labute approximate surface area is 98.3 Å². The van der Waals surface area contributed by atoms with Crippen LogP contribution < -0.4 is 5.32 Å². The van der Waals surface area contributed by atoms with Gasteiger partial charge in [0.05, 0.1) is 25.4 Å². The van der Waals surface area contributed by atoms with Gasteiger partial charge in [0.2, 0.25) is 0 Å². The SMILES string of the molecule is COCC(C)OCC(O)CNCC1CC1C. The van der Waals surface area contributed by atoms with E-state index in [9.17, 15) is 5.11 Å². The van der Waals surface area contributed by atoms with Crippen molar-refractivity contribution in [3.8, 4) is 0 Å². The Balaban J connectivity index is 1.91. The summed E-state index contributed by atoms with van der Waals surface area (Å²) in [4.78, 5) is 0. The van der Waals surface area contributed by atoms with Gasteiger partial charge >= 0.3 is 0 Å². The van der Waals surface area contributed by atoms with E-state index in [4.69, 9.17) is 9.47 Å². The summed E-state index contributed by atoms with van der Waals surface area (Å²) in [5.41, 5.74) is 0. The molecule has 0 aromatic heterocycles. The summed E-state index contributed by atoms with van der Waals surface area (Å²) in [7, 11) is 1.65. The van der Waals surface area contributed by atoms with Gasteiger partial charge in [0.15, 0.2) is 0 Å². The highest BCUT2D eigenvalue weighted by atomic mass is 16.5. The van der Waals surface area contributed by atoms with E-state index >= 15 is 0 Å². The van der Waals surface area contributed by atoms with E-state index < -0.39 is 6.10 Å². The summed E-state index contributed by atoms with van der Waals surface area (Å²) in [5, 5.41) is 12.9. The third kappa shape index (κ3) is 5.80. The normalized spacial score (nSPS) is 27.8. The predicted molar refractivity (Wildman–Crippen MR) is 63.4 cm³/mol. The highest BCUT2D eigenvalue weighted by Gasteiger charge is 2.31. The lowest BCUT2D eigenvalue weighted by Crippen LogP contribution is -2.33. The summed E-state index contributed by atoms with van der Waals surface area (Å²) >= 11 is 0. The Kier molecular flexibility index (Phi) is 6.28. The minimum atomic E-state index is -0.423. The molecule has 0 aromatic rings. The fourth-order valence-electron chi connectivity index (χ4n) is 1.74. The molecule has 2 N–H and O–H groups in total. The van der Waals surface area contributed by atoms with E-state index in [1.165, 1.54) is 6.42 Å². The van der Waals surface area contributed by atoms with Gasteiger partial charge in [-0.05, 0) is 31.7 Å². The maximum Gasteiger partial charge on any atom is 0.0897 e. The Morgan fingerprint density at radius 1 is 1.44 bits per heavy atom. The second-order valence-electron chi connectivity index (χ2n) is 4.88. The quantitative estimate of drug-likeness (QED) is 0.611. The molecule has 4 heteroatoms. The highest BCUT2D eigenvalue weighted by Crippen LogP contribution is 2.36. The van der Waals surface area contributed by atoms with Crippen LogP contribution in [0, 0.1) is 11.8 Å². The summed E-state index contributed by atoms with van der Waals surface area (Å²) in [6.07, 6.45) is 0.946. The van der Waals surface area contributed by atoms with Gasteiger partial charge in [-0.3, -0.25) is 0 Å². The Hall–Kier alpha value is -0.160. The minimum Gasteiger partial charge on any atom is -0.389 e. The van der Waals surface area contributed by atoms with Crippen LogP contribution in [0.1, 0.15) is 20.3 Å². The van der Waals surface area contributed by atoms with Crippen LogP contribution in [0.3, 0.4) is 0 Å². The van der Waals surface area contributed by atoms with Crippen LogP contribution in [0.2, 0.25) is 0 Å². The number of ether oxygens (including phenoxy) is 2. The minimum absolute atomic E-state index is 0.0445. The van der Waals surface area contributed by atoms with Gasteiger partial charge in [0.1, 0.15) is 0 Å². The van der Waals surface area contributed by atoms with Crippen molar-refractivity contribution in [1.29, 1.82) is 0 Å². The van der Waals surface area contributed by atoms with Crippen molar-refractivity contribution in [3.63, 3.8) is 0 Å². The molecule has 0 spiro atoms. The number of methoxy groups -OCH3 is 1. The second-order valence-corrected chi connectivity index (χ2v) is 4.88. The zero-order valence-electron chi connectivity index (χ0n) is 10.6. The molecule has 0 aromatic carbocycles. The van der Waals surface area contributed by atoms with E-state index in [1.54, 1.807) is 7.11 Å². The zero-order valence-corrected chi connectivity index (χ0v) is 10.6. The van der Waals surface area contributed by atoms with Crippen LogP contribution in [0.5, 0.6) is 0 Å². The van der Waals surface area contributed by atoms with Gasteiger partial charge in [-0.15, -0.1) is 0 Å². The van der Waals surface area contributed by atoms with E-state index in [0.29, 0.717) is 19.8 Å². The number of rotatable bonds is 9. The third-order valence-corrected chi connectivity index (χ3v) is 3.04. The summed E-state index contributed by atoms with van der Waals surface area (Å²) in [6.45, 7) is 6.78. The van der Waals surface area contributed by atoms with Gasteiger partial charge in [-0.25, -0.2) is 0 Å². The van der Waals surface area contributed by atoms with Crippen LogP contribution in [0.4, 0.5) is 0 Å². The Morgan fingerprint density at radius 3 is 2.69 bits per heavy atom. The molecule has 0 aliphatic heterocycles. The fraction of sp³-hybridized carbons (Fsp3) is 1.00.